The van der Waals surface area contributed by atoms with Crippen LogP contribution in [0.25, 0.3) is 0 Å². The van der Waals surface area contributed by atoms with Crippen LogP contribution < -0.4 is 15.5 Å². The third-order valence-electron chi connectivity index (χ3n) is 4.80. The van der Waals surface area contributed by atoms with Crippen LogP contribution in [0, 0.1) is 19.8 Å². The van der Waals surface area contributed by atoms with Gasteiger partial charge in [-0.2, -0.15) is 0 Å². The van der Waals surface area contributed by atoms with E-state index in [1.54, 1.807) is 4.90 Å². The molecule has 0 radical (unpaired) electrons. The SMILES string of the molecule is Cc1cccc(C)c1NC(=O)CNC(=O)C1CC(=O)N(c2ccc(Br)cc2)C1. The largest absolute Gasteiger partial charge is 0.347 e. The van der Waals surface area contributed by atoms with E-state index in [1.807, 2.05) is 56.3 Å². The minimum atomic E-state index is -0.468. The van der Waals surface area contributed by atoms with Gasteiger partial charge < -0.3 is 15.5 Å². The van der Waals surface area contributed by atoms with E-state index >= 15 is 0 Å². The summed E-state index contributed by atoms with van der Waals surface area (Å²) in [6, 6.07) is 13.1. The maximum atomic E-state index is 12.4. The Morgan fingerprint density at radius 1 is 1.11 bits per heavy atom. The fraction of sp³-hybridized carbons (Fsp3) is 0.286. The first kappa shape index (κ1) is 20.1. The van der Waals surface area contributed by atoms with Gasteiger partial charge in [0, 0.05) is 28.8 Å². The summed E-state index contributed by atoms with van der Waals surface area (Å²) >= 11 is 3.37. The lowest BCUT2D eigenvalue weighted by molar-refractivity contribution is -0.127. The maximum absolute atomic E-state index is 12.4. The molecule has 146 valence electrons. The Morgan fingerprint density at radius 3 is 2.39 bits per heavy atom. The van der Waals surface area contributed by atoms with Gasteiger partial charge in [0.1, 0.15) is 0 Å². The van der Waals surface area contributed by atoms with Gasteiger partial charge in [-0.3, -0.25) is 14.4 Å². The van der Waals surface area contributed by atoms with Gasteiger partial charge in [0.2, 0.25) is 17.7 Å². The van der Waals surface area contributed by atoms with Crippen molar-refractivity contribution in [2.75, 3.05) is 23.3 Å². The zero-order valence-electron chi connectivity index (χ0n) is 15.8. The molecule has 3 rings (SSSR count). The van der Waals surface area contributed by atoms with Crippen LogP contribution >= 0.6 is 15.9 Å². The summed E-state index contributed by atoms with van der Waals surface area (Å²) in [5.74, 6) is -1.14. The van der Waals surface area contributed by atoms with Crippen LogP contribution in [0.1, 0.15) is 17.5 Å². The molecule has 0 aromatic heterocycles. The van der Waals surface area contributed by atoms with E-state index in [0.29, 0.717) is 6.54 Å². The van der Waals surface area contributed by atoms with Crippen LogP contribution in [0.4, 0.5) is 11.4 Å². The first-order chi connectivity index (χ1) is 13.3. The molecule has 1 fully saturated rings. The fourth-order valence-electron chi connectivity index (χ4n) is 3.26. The molecule has 1 aliphatic rings. The molecule has 2 N–H and O–H groups in total. The predicted octanol–water partition coefficient (Wildman–Crippen LogP) is 3.17. The number of hydrogen-bond acceptors (Lipinski definition) is 3. The fourth-order valence-corrected chi connectivity index (χ4v) is 3.53. The Bertz CT molecular complexity index is 891. The summed E-state index contributed by atoms with van der Waals surface area (Å²) in [4.78, 5) is 38.5. The number of anilines is 2. The number of aryl methyl sites for hydroxylation is 2. The average Bonchev–Trinajstić information content (AvgIpc) is 3.05. The number of amides is 3. The van der Waals surface area contributed by atoms with Gasteiger partial charge in [0.05, 0.1) is 12.5 Å². The number of para-hydroxylation sites is 1. The van der Waals surface area contributed by atoms with Crippen molar-refractivity contribution in [1.82, 2.24) is 5.32 Å². The number of carbonyl (C=O) groups excluding carboxylic acids is 3. The van der Waals surface area contributed by atoms with Crippen LogP contribution in [-0.4, -0.2) is 30.8 Å². The summed E-state index contributed by atoms with van der Waals surface area (Å²) in [6.07, 6.45) is 0.139. The number of carbonyl (C=O) groups is 3. The van der Waals surface area contributed by atoms with Gasteiger partial charge in [-0.1, -0.05) is 34.1 Å². The molecule has 1 heterocycles. The average molecular weight is 444 g/mol. The third kappa shape index (κ3) is 4.59. The Balaban J connectivity index is 1.54. The lowest BCUT2D eigenvalue weighted by Gasteiger charge is -2.17. The van der Waals surface area contributed by atoms with Crippen LogP contribution in [0.5, 0.6) is 0 Å². The molecule has 2 aromatic carbocycles. The van der Waals surface area contributed by atoms with E-state index < -0.39 is 5.92 Å². The summed E-state index contributed by atoms with van der Waals surface area (Å²) in [5, 5.41) is 5.49. The van der Waals surface area contributed by atoms with Crippen molar-refractivity contribution in [3.8, 4) is 0 Å². The smallest absolute Gasteiger partial charge is 0.243 e. The molecule has 2 aromatic rings. The molecular weight excluding hydrogens is 422 g/mol. The molecule has 28 heavy (non-hydrogen) atoms. The highest BCUT2D eigenvalue weighted by atomic mass is 79.9. The van der Waals surface area contributed by atoms with Crippen molar-refractivity contribution in [3.05, 3.63) is 58.1 Å². The van der Waals surface area contributed by atoms with Gasteiger partial charge in [-0.15, -0.1) is 0 Å². The molecule has 1 unspecified atom stereocenters. The second-order valence-corrected chi connectivity index (χ2v) is 7.83. The molecule has 1 atom stereocenters. The summed E-state index contributed by atoms with van der Waals surface area (Å²) in [5.41, 5.74) is 3.45. The van der Waals surface area contributed by atoms with E-state index in [-0.39, 0.29) is 30.7 Å². The standard InChI is InChI=1S/C21H22BrN3O3/c1-13-4-3-5-14(2)20(13)24-18(26)11-23-21(28)15-10-19(27)25(12-15)17-8-6-16(22)7-9-17/h3-9,15H,10-12H2,1-2H3,(H,23,28)(H,24,26). The Hall–Kier alpha value is -2.67. The molecular formula is C21H22BrN3O3. The molecule has 7 heteroatoms. The van der Waals surface area contributed by atoms with Gasteiger partial charge in [0.15, 0.2) is 0 Å². The molecule has 1 aliphatic heterocycles. The lowest BCUT2D eigenvalue weighted by atomic mass is 10.1. The number of benzene rings is 2. The van der Waals surface area contributed by atoms with Crippen molar-refractivity contribution in [2.24, 2.45) is 5.92 Å². The zero-order valence-corrected chi connectivity index (χ0v) is 17.4. The van der Waals surface area contributed by atoms with Gasteiger partial charge in [0.25, 0.3) is 0 Å². The number of nitrogens with zero attached hydrogens (tertiary/aromatic N) is 1. The highest BCUT2D eigenvalue weighted by molar-refractivity contribution is 9.10. The highest BCUT2D eigenvalue weighted by Gasteiger charge is 2.35. The zero-order chi connectivity index (χ0) is 20.3. The number of rotatable bonds is 5. The summed E-state index contributed by atoms with van der Waals surface area (Å²) in [6.45, 7) is 4.02. The Morgan fingerprint density at radius 2 is 1.75 bits per heavy atom. The van der Waals surface area contributed by atoms with E-state index in [9.17, 15) is 14.4 Å². The molecule has 1 saturated heterocycles. The Kier molecular flexibility index (Phi) is 6.14. The first-order valence-corrected chi connectivity index (χ1v) is 9.84. The predicted molar refractivity (Wildman–Crippen MR) is 112 cm³/mol. The minimum Gasteiger partial charge on any atom is -0.347 e. The van der Waals surface area contributed by atoms with Crippen molar-refractivity contribution < 1.29 is 14.4 Å². The third-order valence-corrected chi connectivity index (χ3v) is 5.33. The lowest BCUT2D eigenvalue weighted by Crippen LogP contribution is -2.38. The van der Waals surface area contributed by atoms with Crippen molar-refractivity contribution in [3.63, 3.8) is 0 Å². The number of nitrogens with one attached hydrogen (secondary N) is 2. The van der Waals surface area contributed by atoms with E-state index in [2.05, 4.69) is 26.6 Å². The number of hydrogen-bond donors (Lipinski definition) is 2. The number of halogens is 1. The monoisotopic (exact) mass is 443 g/mol. The molecule has 0 aliphatic carbocycles. The second-order valence-electron chi connectivity index (χ2n) is 6.91. The van der Waals surface area contributed by atoms with Crippen LogP contribution in [0.3, 0.4) is 0 Å². The van der Waals surface area contributed by atoms with Crippen molar-refractivity contribution in [2.45, 2.75) is 20.3 Å². The topological polar surface area (TPSA) is 78.5 Å². The van der Waals surface area contributed by atoms with Gasteiger partial charge in [-0.05, 0) is 49.2 Å². The second kappa shape index (κ2) is 8.56. The normalized spacial score (nSPS) is 16.2. The molecule has 6 nitrogen and oxygen atoms in total. The van der Waals surface area contributed by atoms with Crippen molar-refractivity contribution >= 4 is 45.0 Å². The minimum absolute atomic E-state index is 0.0949. The molecule has 0 saturated carbocycles. The molecule has 3 amide bonds. The van der Waals surface area contributed by atoms with Crippen LogP contribution in [-0.2, 0) is 14.4 Å². The van der Waals surface area contributed by atoms with E-state index in [0.717, 1.165) is 27.0 Å². The molecule has 0 bridgehead atoms. The summed E-state index contributed by atoms with van der Waals surface area (Å²) < 4.78 is 0.923. The first-order valence-electron chi connectivity index (χ1n) is 9.05. The van der Waals surface area contributed by atoms with Crippen LogP contribution in [0.15, 0.2) is 46.9 Å². The van der Waals surface area contributed by atoms with E-state index in [4.69, 9.17) is 0 Å². The Labute approximate surface area is 172 Å². The van der Waals surface area contributed by atoms with Crippen molar-refractivity contribution in [1.29, 1.82) is 0 Å². The molecule has 0 spiro atoms. The van der Waals surface area contributed by atoms with E-state index in [1.165, 1.54) is 0 Å². The van der Waals surface area contributed by atoms with Gasteiger partial charge in [-0.25, -0.2) is 0 Å². The van der Waals surface area contributed by atoms with Gasteiger partial charge >= 0.3 is 0 Å². The highest BCUT2D eigenvalue weighted by Crippen LogP contribution is 2.26. The van der Waals surface area contributed by atoms with Crippen LogP contribution in [0.2, 0.25) is 0 Å². The maximum Gasteiger partial charge on any atom is 0.243 e. The quantitative estimate of drug-likeness (QED) is 0.744. The summed E-state index contributed by atoms with van der Waals surface area (Å²) in [7, 11) is 0.